The van der Waals surface area contributed by atoms with E-state index in [9.17, 15) is 4.57 Å². The predicted octanol–water partition coefficient (Wildman–Crippen LogP) is 19.6. The van der Waals surface area contributed by atoms with Crippen LogP contribution in [0.25, 0.3) is 0 Å². The van der Waals surface area contributed by atoms with E-state index in [0.717, 1.165) is 131 Å². The van der Waals surface area contributed by atoms with Crippen molar-refractivity contribution in [3.05, 3.63) is 192 Å². The molecule has 0 saturated heterocycles. The summed E-state index contributed by atoms with van der Waals surface area (Å²) in [6.07, 6.45) is 29.4. The molecule has 0 aliphatic heterocycles. The molecule has 1 saturated carbocycles. The highest BCUT2D eigenvalue weighted by Gasteiger charge is 2.55. The van der Waals surface area contributed by atoms with E-state index in [0.29, 0.717) is 52.7 Å². The number of benzene rings is 5. The summed E-state index contributed by atoms with van der Waals surface area (Å²) in [6, 6.07) is 51.7. The summed E-state index contributed by atoms with van der Waals surface area (Å²) in [4.78, 5) is 18.3. The molecule has 5 aromatic rings. The molecular formula is C77H113O11PS. The molecule has 13 heteroatoms. The monoisotopic (exact) mass is 1280 g/mol. The molecule has 1 aliphatic rings. The topological polar surface area (TPSA) is 131 Å². The zero-order valence-corrected chi connectivity index (χ0v) is 56.6. The number of ether oxygens (including phenoxy) is 7. The maximum Gasteiger partial charge on any atom is 0.325 e. The van der Waals surface area contributed by atoms with Gasteiger partial charge in [0.15, 0.2) is 0 Å². The Labute approximate surface area is 547 Å². The fraction of sp³-hybridized carbons (Fsp3) is 0.584. The van der Waals surface area contributed by atoms with Crippen LogP contribution < -0.4 is 0 Å². The second-order valence-electron chi connectivity index (χ2n) is 24.7. The number of allylic oxidation sites excluding steroid dienone is 2. The lowest BCUT2D eigenvalue weighted by molar-refractivity contribution is -0.277. The zero-order valence-electron chi connectivity index (χ0n) is 54.9. The Morgan fingerprint density at radius 1 is 0.411 bits per heavy atom. The highest BCUT2D eigenvalue weighted by Crippen LogP contribution is 2.40. The highest BCUT2D eigenvalue weighted by atomic mass is 32.2. The molecule has 0 heterocycles. The van der Waals surface area contributed by atoms with Crippen molar-refractivity contribution < 1.29 is 51.7 Å². The van der Waals surface area contributed by atoms with Crippen molar-refractivity contribution in [1.29, 1.82) is 0 Å². The standard InChI is InChI=1S/C77H113O11PS/c1-3-5-7-9-22-41-55-81-64-70(82-56-42-23-10-8-6-4-2)58-71(54-40-21-19-17-15-13-11-12-14-16-18-20-24-43-57-89(78,79)80)90-88-77-75(86-62-68-50-36-28-37-51-68)73(84-60-66-46-32-26-33-47-66)72(83-59-65-44-30-25-31-45-65)74(85-61-67-48-34-27-35-49-67)76(77)87-63-69-52-38-29-39-53-69/h11,13,25-39,44-53,70-77H,3-10,12,14-24,40-43,54-64H2,1-2H3,(H2,78,79,80)/b13-11-/t70?,71?,72-,73-,74+,75-,76-,77-/m0/s1. The average Bonchev–Trinajstić information content (AvgIpc) is 0.914. The van der Waals surface area contributed by atoms with Gasteiger partial charge in [0.2, 0.25) is 0 Å². The van der Waals surface area contributed by atoms with Crippen molar-refractivity contribution in [3.63, 3.8) is 0 Å². The largest absolute Gasteiger partial charge is 0.379 e. The Kier molecular flexibility index (Phi) is 39.9. The molecule has 0 bridgehead atoms. The third-order valence-electron chi connectivity index (χ3n) is 16.9. The third kappa shape index (κ3) is 32.7. The summed E-state index contributed by atoms with van der Waals surface area (Å²) in [7, 11) is -3.88. The van der Waals surface area contributed by atoms with Crippen LogP contribution in [0.15, 0.2) is 164 Å². The van der Waals surface area contributed by atoms with Gasteiger partial charge in [-0.25, -0.2) is 0 Å². The van der Waals surface area contributed by atoms with E-state index in [4.69, 9.17) is 47.1 Å². The second-order valence-corrected chi connectivity index (χ2v) is 27.5. The van der Waals surface area contributed by atoms with Crippen LogP contribution in [0.5, 0.6) is 0 Å². The molecule has 0 radical (unpaired) electrons. The summed E-state index contributed by atoms with van der Waals surface area (Å²) in [5, 5.41) is 0.0622. The molecule has 2 unspecified atom stereocenters. The Bertz CT molecular complexity index is 2440. The lowest BCUT2D eigenvalue weighted by Gasteiger charge is -2.49. The quantitative estimate of drug-likeness (QED) is 0.0166. The fourth-order valence-corrected chi connectivity index (χ4v) is 13.4. The first-order valence-corrected chi connectivity index (χ1v) is 37.4. The number of hydrogen-bond acceptors (Lipinski definition) is 10. The van der Waals surface area contributed by atoms with Crippen LogP contribution in [0.3, 0.4) is 0 Å². The van der Waals surface area contributed by atoms with Crippen LogP contribution in [0.2, 0.25) is 0 Å². The number of rotatable bonds is 53. The lowest BCUT2D eigenvalue weighted by Crippen LogP contribution is -2.67. The van der Waals surface area contributed by atoms with E-state index in [2.05, 4.69) is 111 Å². The van der Waals surface area contributed by atoms with Crippen LogP contribution in [0, 0.1) is 0 Å². The van der Waals surface area contributed by atoms with Crippen molar-refractivity contribution in [2.45, 2.75) is 262 Å². The van der Waals surface area contributed by atoms with Gasteiger partial charge < -0.3 is 47.1 Å². The molecule has 6 rings (SSSR count). The number of unbranched alkanes of at least 4 members (excludes halogenated alkanes) is 20. The molecule has 2 N–H and O–H groups in total. The van der Waals surface area contributed by atoms with E-state index in [1.54, 1.807) is 12.0 Å². The van der Waals surface area contributed by atoms with Crippen LogP contribution in [0.4, 0.5) is 0 Å². The van der Waals surface area contributed by atoms with Gasteiger partial charge in [-0.1, -0.05) is 287 Å². The molecule has 0 aromatic heterocycles. The van der Waals surface area contributed by atoms with Gasteiger partial charge in [-0.15, -0.1) is 0 Å². The van der Waals surface area contributed by atoms with Crippen molar-refractivity contribution in [2.24, 2.45) is 0 Å². The number of hydrogen-bond donors (Lipinski definition) is 2. The summed E-state index contributed by atoms with van der Waals surface area (Å²) in [5.41, 5.74) is 5.20. The van der Waals surface area contributed by atoms with E-state index in [1.807, 2.05) is 66.7 Å². The summed E-state index contributed by atoms with van der Waals surface area (Å²) < 4.78 is 68.7. The van der Waals surface area contributed by atoms with Crippen LogP contribution >= 0.6 is 19.6 Å². The first-order chi connectivity index (χ1) is 44.3. The molecule has 0 spiro atoms. The minimum atomic E-state index is -3.88. The van der Waals surface area contributed by atoms with Crippen molar-refractivity contribution in [2.75, 3.05) is 26.0 Å². The van der Waals surface area contributed by atoms with Gasteiger partial charge in [0.1, 0.15) is 36.6 Å². The first kappa shape index (κ1) is 75.1. The van der Waals surface area contributed by atoms with Crippen molar-refractivity contribution >= 4 is 19.6 Å². The first-order valence-electron chi connectivity index (χ1n) is 34.8. The Morgan fingerprint density at radius 2 is 0.744 bits per heavy atom. The Morgan fingerprint density at radius 3 is 1.13 bits per heavy atom. The smallest absolute Gasteiger partial charge is 0.325 e. The van der Waals surface area contributed by atoms with Gasteiger partial charge in [0.05, 0.1) is 45.7 Å². The molecule has 5 aromatic carbocycles. The van der Waals surface area contributed by atoms with Crippen LogP contribution in [0.1, 0.15) is 209 Å². The lowest BCUT2D eigenvalue weighted by atomic mass is 9.83. The Balaban J connectivity index is 1.29. The predicted molar refractivity (Wildman–Crippen MR) is 369 cm³/mol. The van der Waals surface area contributed by atoms with Crippen LogP contribution in [-0.2, 0) is 74.9 Å². The molecule has 90 heavy (non-hydrogen) atoms. The molecule has 1 aliphatic carbocycles. The molecule has 498 valence electrons. The molecular weight excluding hydrogens is 1160 g/mol. The van der Waals surface area contributed by atoms with Gasteiger partial charge >= 0.3 is 7.60 Å². The normalized spacial score (nSPS) is 18.5. The van der Waals surface area contributed by atoms with Gasteiger partial charge in [-0.2, -0.15) is 0 Å². The van der Waals surface area contributed by atoms with Gasteiger partial charge in [-0.3, -0.25) is 4.57 Å². The van der Waals surface area contributed by atoms with E-state index < -0.39 is 44.2 Å². The minimum absolute atomic E-state index is 0.00120. The summed E-state index contributed by atoms with van der Waals surface area (Å²) in [6.45, 7) is 8.16. The molecule has 11 nitrogen and oxygen atoms in total. The second kappa shape index (κ2) is 47.8. The molecule has 1 fully saturated rings. The maximum atomic E-state index is 11.2. The SMILES string of the molecule is CCCCCCCCOCC(CC(CCCCCC/C=C\CCCCCCCCP(=O)(O)O)SO[C@@H]1[C@@H](OCc2ccccc2)[C@H](OCc2ccccc2)[C@@H](OCc2ccccc2)[C@H](OCc2ccccc2)[C@@H]1OCc1ccccc1)OCCCCCCCC. The van der Waals surface area contributed by atoms with E-state index in [1.165, 1.54) is 64.2 Å². The zero-order chi connectivity index (χ0) is 63.2. The van der Waals surface area contributed by atoms with Crippen molar-refractivity contribution in [3.8, 4) is 0 Å². The highest BCUT2D eigenvalue weighted by molar-refractivity contribution is 7.95. The van der Waals surface area contributed by atoms with Crippen molar-refractivity contribution in [1.82, 2.24) is 0 Å². The summed E-state index contributed by atoms with van der Waals surface area (Å²) in [5.74, 6) is 0. The van der Waals surface area contributed by atoms with Gasteiger partial charge in [0.25, 0.3) is 0 Å². The fourth-order valence-electron chi connectivity index (χ4n) is 11.7. The third-order valence-corrected chi connectivity index (χ3v) is 18.8. The van der Waals surface area contributed by atoms with Crippen LogP contribution in [-0.4, -0.2) is 83.7 Å². The van der Waals surface area contributed by atoms with E-state index >= 15 is 0 Å². The van der Waals surface area contributed by atoms with E-state index in [-0.39, 0.29) is 17.5 Å². The summed E-state index contributed by atoms with van der Waals surface area (Å²) >= 11 is 1.56. The maximum absolute atomic E-state index is 11.2. The Hall–Kier alpha value is -3.98. The average molecular weight is 1280 g/mol. The molecule has 0 amide bonds. The van der Waals surface area contributed by atoms with Gasteiger partial charge in [-0.05, 0) is 97.6 Å². The molecule has 8 atom stereocenters. The minimum Gasteiger partial charge on any atom is -0.379 e. The van der Waals surface area contributed by atoms with Gasteiger partial charge in [0, 0.05) is 24.6 Å².